The number of rotatable bonds is 7. The van der Waals surface area contributed by atoms with E-state index in [0.29, 0.717) is 6.07 Å². The quantitative estimate of drug-likeness (QED) is 0.576. The molecule has 12 heteroatoms. The van der Waals surface area contributed by atoms with E-state index in [1.54, 1.807) is 0 Å². The first-order chi connectivity index (χ1) is 16.0. The second-order valence-electron chi connectivity index (χ2n) is 9.42. The first-order valence-corrected chi connectivity index (χ1v) is 13.9. The number of hydrogen-bond donors (Lipinski definition) is 1. The summed E-state index contributed by atoms with van der Waals surface area (Å²) in [7, 11) is -7.88. The summed E-state index contributed by atoms with van der Waals surface area (Å²) in [5.74, 6) is -1.12. The van der Waals surface area contributed by atoms with Crippen LogP contribution in [0.4, 0.5) is 13.2 Å². The Balaban J connectivity index is 1.75. The van der Waals surface area contributed by atoms with Crippen LogP contribution in [0.25, 0.3) is 0 Å². The Morgan fingerprint density at radius 1 is 1.06 bits per heavy atom. The zero-order valence-corrected chi connectivity index (χ0v) is 21.3. The van der Waals surface area contributed by atoms with Gasteiger partial charge in [0.1, 0.15) is 5.69 Å². The van der Waals surface area contributed by atoms with Crippen LogP contribution in [0.5, 0.6) is 0 Å². The smallest absolute Gasteiger partial charge is 0.348 e. The number of hydrogen-bond acceptors (Lipinski definition) is 6. The SMILES string of the molecule is CC(C)S(=O)(=O)c1cccnc1C(=O)N[C@H]1C[C@@H](C(C)(C)S(=O)(=O)c2cccc(C(F)(F)F)c2)C1. The third-order valence-electron chi connectivity index (χ3n) is 6.53. The summed E-state index contributed by atoms with van der Waals surface area (Å²) < 4.78 is 89.4. The van der Waals surface area contributed by atoms with Crippen LogP contribution < -0.4 is 5.32 Å². The first-order valence-electron chi connectivity index (χ1n) is 10.9. The largest absolute Gasteiger partial charge is 0.416 e. The molecule has 1 aromatic carbocycles. The van der Waals surface area contributed by atoms with Crippen LogP contribution in [0.3, 0.4) is 0 Å². The van der Waals surface area contributed by atoms with E-state index in [2.05, 4.69) is 10.3 Å². The number of alkyl halides is 3. The summed E-state index contributed by atoms with van der Waals surface area (Å²) in [5, 5.41) is 1.94. The summed E-state index contributed by atoms with van der Waals surface area (Å²) in [6, 6.07) is 5.95. The Morgan fingerprint density at radius 2 is 1.69 bits per heavy atom. The van der Waals surface area contributed by atoms with Gasteiger partial charge in [-0.25, -0.2) is 21.8 Å². The molecule has 0 unspecified atom stereocenters. The molecule has 35 heavy (non-hydrogen) atoms. The topological polar surface area (TPSA) is 110 Å². The second kappa shape index (κ2) is 9.20. The zero-order valence-electron chi connectivity index (χ0n) is 19.6. The van der Waals surface area contributed by atoms with E-state index in [1.165, 1.54) is 46.0 Å². The molecule has 1 aliphatic carbocycles. The van der Waals surface area contributed by atoms with E-state index in [-0.39, 0.29) is 23.4 Å². The molecule has 0 radical (unpaired) electrons. The molecule has 192 valence electrons. The summed E-state index contributed by atoms with van der Waals surface area (Å²) in [6.45, 7) is 5.90. The predicted octanol–water partition coefficient (Wildman–Crippen LogP) is 4.04. The Hall–Kier alpha value is -2.47. The highest BCUT2D eigenvalue weighted by atomic mass is 32.2. The first kappa shape index (κ1) is 27.1. The molecule has 0 saturated heterocycles. The number of halogens is 3. The lowest BCUT2D eigenvalue weighted by Gasteiger charge is -2.45. The van der Waals surface area contributed by atoms with Gasteiger partial charge in [-0.3, -0.25) is 4.79 Å². The highest BCUT2D eigenvalue weighted by Gasteiger charge is 2.49. The molecule has 1 heterocycles. The lowest BCUT2D eigenvalue weighted by molar-refractivity contribution is -0.137. The van der Waals surface area contributed by atoms with Crippen LogP contribution in [0.1, 0.15) is 56.6 Å². The maximum atomic E-state index is 13.2. The van der Waals surface area contributed by atoms with Gasteiger partial charge in [-0.2, -0.15) is 13.2 Å². The zero-order chi connectivity index (χ0) is 26.4. The van der Waals surface area contributed by atoms with Gasteiger partial charge in [-0.05, 0) is 76.8 Å². The van der Waals surface area contributed by atoms with E-state index < -0.39 is 64.2 Å². The molecule has 1 aromatic heterocycles. The van der Waals surface area contributed by atoms with E-state index in [4.69, 9.17) is 0 Å². The van der Waals surface area contributed by atoms with Crippen LogP contribution in [0, 0.1) is 5.92 Å². The Labute approximate surface area is 203 Å². The fraction of sp³-hybridized carbons (Fsp3) is 0.478. The molecule has 1 amide bonds. The van der Waals surface area contributed by atoms with Crippen molar-refractivity contribution in [2.45, 2.75) is 72.5 Å². The van der Waals surface area contributed by atoms with Gasteiger partial charge in [-0.15, -0.1) is 0 Å². The third-order valence-corrected chi connectivity index (χ3v) is 11.3. The number of pyridine rings is 1. The van der Waals surface area contributed by atoms with E-state index >= 15 is 0 Å². The number of aromatic nitrogens is 1. The molecule has 0 spiro atoms. The molecule has 3 rings (SSSR count). The van der Waals surface area contributed by atoms with Crippen molar-refractivity contribution in [2.75, 3.05) is 0 Å². The fourth-order valence-electron chi connectivity index (χ4n) is 3.96. The number of amides is 1. The summed E-state index contributed by atoms with van der Waals surface area (Å²) in [6.07, 6.45) is -2.84. The summed E-state index contributed by atoms with van der Waals surface area (Å²) in [5.41, 5.74) is -1.28. The van der Waals surface area contributed by atoms with Crippen LogP contribution >= 0.6 is 0 Å². The molecular weight excluding hydrogens is 505 g/mol. The summed E-state index contributed by atoms with van der Waals surface area (Å²) in [4.78, 5) is 16.1. The number of benzene rings is 1. The molecule has 1 N–H and O–H groups in total. The van der Waals surface area contributed by atoms with E-state index in [1.807, 2.05) is 0 Å². The molecule has 0 bridgehead atoms. The molecule has 2 aromatic rings. The molecule has 0 aliphatic heterocycles. The van der Waals surface area contributed by atoms with E-state index in [0.717, 1.165) is 18.2 Å². The van der Waals surface area contributed by atoms with Gasteiger partial charge < -0.3 is 5.32 Å². The molecule has 1 saturated carbocycles. The van der Waals surface area contributed by atoms with Crippen molar-refractivity contribution in [3.63, 3.8) is 0 Å². The van der Waals surface area contributed by atoms with Crippen molar-refractivity contribution in [3.05, 3.63) is 53.9 Å². The highest BCUT2D eigenvalue weighted by molar-refractivity contribution is 7.93. The lowest BCUT2D eigenvalue weighted by atomic mass is 9.73. The van der Waals surface area contributed by atoms with Gasteiger partial charge in [0.25, 0.3) is 5.91 Å². The van der Waals surface area contributed by atoms with E-state index in [9.17, 15) is 34.8 Å². The Bertz CT molecular complexity index is 1330. The molecule has 1 aliphatic rings. The van der Waals surface area contributed by atoms with Crippen molar-refractivity contribution in [3.8, 4) is 0 Å². The monoisotopic (exact) mass is 532 g/mol. The maximum absolute atomic E-state index is 13.2. The minimum absolute atomic E-state index is 0.184. The summed E-state index contributed by atoms with van der Waals surface area (Å²) >= 11 is 0. The van der Waals surface area contributed by atoms with Crippen LogP contribution in [0.15, 0.2) is 52.4 Å². The van der Waals surface area contributed by atoms with Crippen molar-refractivity contribution in [1.29, 1.82) is 0 Å². The fourth-order valence-corrected chi connectivity index (χ4v) is 6.93. The minimum atomic E-state index is -4.67. The Kier molecular flexibility index (Phi) is 7.13. The van der Waals surface area contributed by atoms with Crippen molar-refractivity contribution < 1.29 is 34.8 Å². The van der Waals surface area contributed by atoms with Gasteiger partial charge in [0.05, 0.1) is 25.4 Å². The number of nitrogens with one attached hydrogen (secondary N) is 1. The number of carbonyl (C=O) groups is 1. The van der Waals surface area contributed by atoms with Crippen molar-refractivity contribution in [1.82, 2.24) is 10.3 Å². The van der Waals surface area contributed by atoms with Gasteiger partial charge in [0.15, 0.2) is 19.7 Å². The van der Waals surface area contributed by atoms with Gasteiger partial charge in [-0.1, -0.05) is 6.07 Å². The number of nitrogens with zero attached hydrogens (tertiary/aromatic N) is 1. The molecule has 0 atom stereocenters. The number of sulfone groups is 2. The lowest BCUT2D eigenvalue weighted by Crippen LogP contribution is -2.53. The molecule has 1 fully saturated rings. The average Bonchev–Trinajstić information content (AvgIpc) is 2.74. The van der Waals surface area contributed by atoms with Crippen molar-refractivity contribution >= 4 is 25.6 Å². The van der Waals surface area contributed by atoms with Crippen LogP contribution in [-0.4, -0.2) is 43.8 Å². The average molecular weight is 533 g/mol. The number of carbonyl (C=O) groups excluding carboxylic acids is 1. The maximum Gasteiger partial charge on any atom is 0.416 e. The standard InChI is InChI=1S/C23H27F3N2O5S2/c1-14(2)34(30,31)19-9-6-10-27-20(19)21(29)28-17-11-16(12-17)22(3,4)35(32,33)18-8-5-7-15(13-18)23(24,25)26/h5-10,13-14,16-17H,11-12H2,1-4H3,(H,28,29)/t16-,17+. The van der Waals surface area contributed by atoms with Crippen LogP contribution in [0.2, 0.25) is 0 Å². The third kappa shape index (κ3) is 5.09. The highest BCUT2D eigenvalue weighted by Crippen LogP contribution is 2.44. The van der Waals surface area contributed by atoms with Crippen LogP contribution in [-0.2, 0) is 25.9 Å². The second-order valence-corrected chi connectivity index (χ2v) is 14.4. The Morgan fingerprint density at radius 3 is 2.26 bits per heavy atom. The minimum Gasteiger partial charge on any atom is -0.348 e. The van der Waals surface area contributed by atoms with Gasteiger partial charge in [0, 0.05) is 12.2 Å². The van der Waals surface area contributed by atoms with Gasteiger partial charge >= 0.3 is 6.18 Å². The van der Waals surface area contributed by atoms with Crippen molar-refractivity contribution in [2.24, 2.45) is 5.92 Å². The van der Waals surface area contributed by atoms with Gasteiger partial charge in [0.2, 0.25) is 0 Å². The normalized spacial score (nSPS) is 19.3. The predicted molar refractivity (Wildman–Crippen MR) is 123 cm³/mol. The molecular formula is C23H27F3N2O5S2. The molecule has 7 nitrogen and oxygen atoms in total.